The summed E-state index contributed by atoms with van der Waals surface area (Å²) in [6, 6.07) is 0.337. The van der Waals surface area contributed by atoms with E-state index in [4.69, 9.17) is 21.3 Å². The van der Waals surface area contributed by atoms with E-state index in [9.17, 15) is 0 Å². The van der Waals surface area contributed by atoms with E-state index in [1.165, 1.54) is 19.3 Å². The van der Waals surface area contributed by atoms with Crippen molar-refractivity contribution in [2.45, 2.75) is 58.9 Å². The topological polar surface area (TPSA) is 86.5 Å². The number of aliphatic imine (C=N–C) groups is 1. The lowest BCUT2D eigenvalue weighted by molar-refractivity contribution is 0.167. The molecule has 2 aliphatic rings. The van der Waals surface area contributed by atoms with Crippen molar-refractivity contribution in [2.75, 3.05) is 18.9 Å². The Balaban J connectivity index is 2.13. The first-order chi connectivity index (χ1) is 11.0. The summed E-state index contributed by atoms with van der Waals surface area (Å²) in [6.07, 6.45) is 5.96. The molecule has 1 aliphatic heterocycles. The van der Waals surface area contributed by atoms with Crippen molar-refractivity contribution in [3.63, 3.8) is 0 Å². The van der Waals surface area contributed by atoms with E-state index in [1.807, 2.05) is 13.8 Å². The van der Waals surface area contributed by atoms with Gasteiger partial charge >= 0.3 is 0 Å². The Morgan fingerprint density at radius 2 is 1.91 bits per heavy atom. The maximum atomic E-state index is 7.01. The van der Waals surface area contributed by atoms with Crippen LogP contribution in [0.3, 0.4) is 0 Å². The summed E-state index contributed by atoms with van der Waals surface area (Å²) in [6.45, 7) is 7.13. The number of quaternary nitrogens is 1. The highest BCUT2D eigenvalue weighted by Gasteiger charge is 2.50. The minimum atomic E-state index is 0.259. The molecular formula is C17H28N5O+. The second kappa shape index (κ2) is 6.19. The van der Waals surface area contributed by atoms with E-state index in [0.29, 0.717) is 25.1 Å². The Bertz CT molecular complexity index is 636. The summed E-state index contributed by atoms with van der Waals surface area (Å²) in [5.41, 5.74) is 9.95. The van der Waals surface area contributed by atoms with Crippen molar-refractivity contribution in [1.29, 1.82) is 0 Å². The van der Waals surface area contributed by atoms with Gasteiger partial charge in [0.2, 0.25) is 0 Å². The minimum Gasteiger partial charge on any atom is -0.382 e. The van der Waals surface area contributed by atoms with Gasteiger partial charge in [0.25, 0.3) is 5.84 Å². The average molecular weight is 318 g/mol. The molecule has 23 heavy (non-hydrogen) atoms. The van der Waals surface area contributed by atoms with E-state index in [1.54, 1.807) is 0 Å². The zero-order valence-electron chi connectivity index (χ0n) is 14.4. The minimum absolute atomic E-state index is 0.259. The number of hydrogen-bond donors (Lipinski definition) is 2. The summed E-state index contributed by atoms with van der Waals surface area (Å²) in [5, 5.41) is 0. The lowest BCUT2D eigenvalue weighted by atomic mass is 9.92. The van der Waals surface area contributed by atoms with Gasteiger partial charge in [-0.15, -0.1) is 0 Å². The lowest BCUT2D eigenvalue weighted by Crippen LogP contribution is -2.66. The Labute approximate surface area is 138 Å². The van der Waals surface area contributed by atoms with Crippen LogP contribution in [0.4, 0.5) is 17.2 Å². The van der Waals surface area contributed by atoms with Crippen LogP contribution >= 0.6 is 0 Å². The highest BCUT2D eigenvalue weighted by atomic mass is 16.5. The number of nitrogen functional groups attached to an aromatic ring is 1. The van der Waals surface area contributed by atoms with Crippen LogP contribution in [-0.4, -0.2) is 30.1 Å². The van der Waals surface area contributed by atoms with Crippen molar-refractivity contribution in [3.05, 3.63) is 11.3 Å². The molecule has 3 rings (SSSR count). The Kier molecular flexibility index (Phi) is 4.40. The van der Waals surface area contributed by atoms with Crippen LogP contribution in [0.15, 0.2) is 4.99 Å². The van der Waals surface area contributed by atoms with Crippen LogP contribution in [0.5, 0.6) is 0 Å². The average Bonchev–Trinajstić information content (AvgIpc) is 2.86. The molecule has 1 atom stereocenters. The summed E-state index contributed by atoms with van der Waals surface area (Å²) in [7, 11) is 0. The third kappa shape index (κ3) is 2.55. The Hall–Kier alpha value is -1.50. The summed E-state index contributed by atoms with van der Waals surface area (Å²) >= 11 is 0. The first-order valence-corrected chi connectivity index (χ1v) is 8.60. The van der Waals surface area contributed by atoms with Crippen molar-refractivity contribution in [1.82, 2.24) is 9.58 Å². The van der Waals surface area contributed by atoms with Crippen LogP contribution in [-0.2, 0) is 4.74 Å². The van der Waals surface area contributed by atoms with Crippen LogP contribution in [0.1, 0.15) is 50.3 Å². The van der Waals surface area contributed by atoms with Gasteiger partial charge in [-0.25, -0.2) is 4.98 Å². The molecule has 1 unspecified atom stereocenters. The van der Waals surface area contributed by atoms with E-state index < -0.39 is 0 Å². The summed E-state index contributed by atoms with van der Waals surface area (Å²) < 4.78 is 5.92. The Morgan fingerprint density at radius 3 is 2.57 bits per heavy atom. The van der Waals surface area contributed by atoms with E-state index in [-0.39, 0.29) is 4.59 Å². The fourth-order valence-electron chi connectivity index (χ4n) is 3.91. The number of nitrogens with zero attached hydrogens (tertiary/aromatic N) is 3. The van der Waals surface area contributed by atoms with E-state index in [0.717, 1.165) is 41.3 Å². The monoisotopic (exact) mass is 318 g/mol. The molecule has 1 fully saturated rings. The molecule has 1 aliphatic carbocycles. The first-order valence-electron chi connectivity index (χ1n) is 8.60. The number of fused-ring (bicyclic) bond motifs is 1. The quantitative estimate of drug-likeness (QED) is 0.660. The Morgan fingerprint density at radius 1 is 1.22 bits per heavy atom. The third-order valence-electron chi connectivity index (χ3n) is 5.28. The molecule has 6 heteroatoms. The predicted molar refractivity (Wildman–Crippen MR) is 94.6 cm³/mol. The van der Waals surface area contributed by atoms with Gasteiger partial charge in [0.15, 0.2) is 17.2 Å². The van der Waals surface area contributed by atoms with Gasteiger partial charge in [-0.1, -0.05) is 6.42 Å². The second-order valence-corrected chi connectivity index (χ2v) is 6.64. The second-order valence-electron chi connectivity index (χ2n) is 6.64. The van der Waals surface area contributed by atoms with Crippen LogP contribution < -0.4 is 16.2 Å². The number of rotatable bonds is 4. The van der Waals surface area contributed by atoms with Crippen molar-refractivity contribution in [2.24, 2.45) is 10.8 Å². The van der Waals surface area contributed by atoms with Gasteiger partial charge in [0.1, 0.15) is 12.6 Å². The van der Waals surface area contributed by atoms with Crippen molar-refractivity contribution in [3.8, 4) is 0 Å². The first kappa shape index (κ1) is 16.4. The van der Waals surface area contributed by atoms with Crippen molar-refractivity contribution >= 4 is 23.0 Å². The largest absolute Gasteiger partial charge is 0.382 e. The molecule has 0 bridgehead atoms. The molecule has 0 radical (unpaired) electrons. The number of amidine groups is 1. The third-order valence-corrected chi connectivity index (χ3v) is 5.28. The number of ether oxygens (including phenoxy) is 1. The zero-order chi connectivity index (χ0) is 16.6. The molecule has 0 spiro atoms. The zero-order valence-corrected chi connectivity index (χ0v) is 14.4. The fraction of sp³-hybridized carbons (Fsp3) is 0.647. The number of anilines is 1. The SMILES string of the molecule is CCOCC1=Nc2c(N)nc(C)c(C)c2[N+]1(N)C1CCCCC1. The predicted octanol–water partition coefficient (Wildman–Crippen LogP) is 2.87. The molecule has 0 saturated heterocycles. The van der Waals surface area contributed by atoms with E-state index in [2.05, 4.69) is 11.9 Å². The molecule has 1 aromatic rings. The highest BCUT2D eigenvalue weighted by Crippen LogP contribution is 2.48. The molecular weight excluding hydrogens is 290 g/mol. The van der Waals surface area contributed by atoms with E-state index >= 15 is 0 Å². The normalized spacial score (nSPS) is 24.6. The summed E-state index contributed by atoms with van der Waals surface area (Å²) in [5.74, 6) is 8.34. The number of aromatic nitrogens is 1. The molecule has 1 saturated carbocycles. The van der Waals surface area contributed by atoms with Crippen LogP contribution in [0.25, 0.3) is 0 Å². The summed E-state index contributed by atoms with van der Waals surface area (Å²) in [4.78, 5) is 9.20. The van der Waals surface area contributed by atoms with Crippen LogP contribution in [0.2, 0.25) is 0 Å². The van der Waals surface area contributed by atoms with Gasteiger partial charge in [0.05, 0.1) is 0 Å². The smallest absolute Gasteiger partial charge is 0.254 e. The number of nitrogens with two attached hydrogens (primary N) is 2. The maximum Gasteiger partial charge on any atom is 0.254 e. The molecule has 126 valence electrons. The molecule has 1 aromatic heterocycles. The molecule has 2 heterocycles. The molecule has 4 N–H and O–H groups in total. The van der Waals surface area contributed by atoms with Crippen LogP contribution in [0, 0.1) is 13.8 Å². The molecule has 0 aromatic carbocycles. The standard InChI is InChI=1S/C17H28N5O/c1-4-23-10-14-21-15-16(11(2)12(3)20-17(15)18)22(14,19)13-8-6-5-7-9-13/h13H,4-10,19H2,1-3H3,(H2,18,20)/q+1. The molecule has 0 amide bonds. The van der Waals surface area contributed by atoms with Gasteiger partial charge < -0.3 is 10.5 Å². The van der Waals surface area contributed by atoms with Gasteiger partial charge in [0, 0.05) is 30.7 Å². The number of hydrogen-bond acceptors (Lipinski definition) is 5. The number of aryl methyl sites for hydroxylation is 1. The maximum absolute atomic E-state index is 7.01. The van der Waals surface area contributed by atoms with Gasteiger partial charge in [-0.05, 0) is 33.6 Å². The van der Waals surface area contributed by atoms with Crippen molar-refractivity contribution < 1.29 is 4.74 Å². The lowest BCUT2D eigenvalue weighted by Gasteiger charge is -2.39. The van der Waals surface area contributed by atoms with Gasteiger partial charge in [-0.3, -0.25) is 0 Å². The highest BCUT2D eigenvalue weighted by molar-refractivity contribution is 6.05. The number of pyridine rings is 1. The van der Waals surface area contributed by atoms with Gasteiger partial charge in [-0.2, -0.15) is 15.4 Å². The fourth-order valence-corrected chi connectivity index (χ4v) is 3.91. The molecule has 6 nitrogen and oxygen atoms in total.